The van der Waals surface area contributed by atoms with Crippen molar-refractivity contribution < 1.29 is 48.0 Å². The lowest BCUT2D eigenvalue weighted by Crippen LogP contribution is -2.42. The van der Waals surface area contributed by atoms with E-state index in [0.29, 0.717) is 31.7 Å². The second-order valence-electron chi connectivity index (χ2n) is 9.41. The number of halogens is 1. The number of hydrogen-bond acceptors (Lipinski definition) is 9. The summed E-state index contributed by atoms with van der Waals surface area (Å²) in [4.78, 5) is 49.4. The lowest BCUT2D eigenvalue weighted by atomic mass is 9.94. The Kier molecular flexibility index (Phi) is 11.2. The minimum atomic E-state index is -3.45. The highest BCUT2D eigenvalue weighted by molar-refractivity contribution is 7.90. The van der Waals surface area contributed by atoms with Gasteiger partial charge in [-0.15, -0.1) is 0 Å². The smallest absolute Gasteiger partial charge is 0.336 e. The molecule has 4 N–H and O–H groups in total. The molecule has 0 bridgehead atoms. The zero-order chi connectivity index (χ0) is 30.3. The number of carboxylic acid groups (broad SMARTS) is 3. The Labute approximate surface area is 235 Å². The number of aliphatic carboxylic acids is 3. The first-order chi connectivity index (χ1) is 18.5. The van der Waals surface area contributed by atoms with Crippen molar-refractivity contribution in [2.45, 2.75) is 62.0 Å². The number of pyridine rings is 1. The van der Waals surface area contributed by atoms with Crippen LogP contribution in [0.25, 0.3) is 0 Å². The molecule has 0 aliphatic carbocycles. The Hall–Kier alpha value is -3.56. The topological polar surface area (TPSA) is 217 Å². The maximum absolute atomic E-state index is 12.6. The second kappa shape index (κ2) is 13.7. The minimum absolute atomic E-state index is 0.0458. The Balaban J connectivity index is 0.000000366. The van der Waals surface area contributed by atoms with E-state index >= 15 is 0 Å². The molecular weight excluding hydrogens is 572 g/mol. The predicted molar refractivity (Wildman–Crippen MR) is 140 cm³/mol. The molecule has 1 amide bonds. The van der Waals surface area contributed by atoms with Crippen LogP contribution >= 0.6 is 11.6 Å². The van der Waals surface area contributed by atoms with Crippen LogP contribution in [0.15, 0.2) is 29.4 Å². The van der Waals surface area contributed by atoms with E-state index in [-0.39, 0.29) is 21.7 Å². The van der Waals surface area contributed by atoms with Gasteiger partial charge in [0.25, 0.3) is 0 Å². The number of likely N-dealkylation sites (tertiary alicyclic amines) is 1. The molecule has 0 radical (unpaired) electrons. The van der Waals surface area contributed by atoms with Crippen LogP contribution in [-0.4, -0.2) is 97.3 Å². The summed E-state index contributed by atoms with van der Waals surface area (Å²) in [5.41, 5.74) is -1.22. The van der Waals surface area contributed by atoms with E-state index in [1.54, 1.807) is 11.1 Å². The van der Waals surface area contributed by atoms with Gasteiger partial charge in [0.05, 0.1) is 28.5 Å². The van der Waals surface area contributed by atoms with Gasteiger partial charge >= 0.3 is 17.9 Å². The third-order valence-corrected chi connectivity index (χ3v) is 7.49. The summed E-state index contributed by atoms with van der Waals surface area (Å²) in [5, 5.41) is 38.3. The van der Waals surface area contributed by atoms with Crippen molar-refractivity contribution in [1.29, 1.82) is 0 Å². The highest BCUT2D eigenvalue weighted by Crippen LogP contribution is 2.31. The number of aliphatic hydroxyl groups is 1. The van der Waals surface area contributed by atoms with Crippen molar-refractivity contribution in [1.82, 2.24) is 19.7 Å². The molecule has 1 aliphatic rings. The van der Waals surface area contributed by atoms with E-state index in [1.165, 1.54) is 12.3 Å². The van der Waals surface area contributed by atoms with E-state index in [4.69, 9.17) is 32.0 Å². The molecule has 14 nitrogen and oxygen atoms in total. The van der Waals surface area contributed by atoms with Gasteiger partial charge < -0.3 is 25.3 Å². The molecule has 1 atom stereocenters. The summed E-state index contributed by atoms with van der Waals surface area (Å²) < 4.78 is 26.1. The van der Waals surface area contributed by atoms with Gasteiger partial charge in [-0.1, -0.05) is 11.6 Å². The van der Waals surface area contributed by atoms with Crippen LogP contribution < -0.4 is 0 Å². The molecule has 1 unspecified atom stereocenters. The van der Waals surface area contributed by atoms with Gasteiger partial charge in [0.2, 0.25) is 5.91 Å². The molecule has 220 valence electrons. The van der Waals surface area contributed by atoms with Crippen LogP contribution in [0.3, 0.4) is 0 Å². The van der Waals surface area contributed by atoms with Crippen LogP contribution in [0.5, 0.6) is 0 Å². The molecule has 0 aromatic carbocycles. The van der Waals surface area contributed by atoms with E-state index in [9.17, 15) is 27.6 Å². The van der Waals surface area contributed by atoms with Crippen molar-refractivity contribution in [3.05, 3.63) is 40.9 Å². The Morgan fingerprint density at radius 3 is 2.27 bits per heavy atom. The van der Waals surface area contributed by atoms with Gasteiger partial charge in [-0.25, -0.2) is 13.2 Å². The number of aryl methyl sites for hydroxylation is 2. The summed E-state index contributed by atoms with van der Waals surface area (Å²) in [5.74, 6) is -5.09. The van der Waals surface area contributed by atoms with Gasteiger partial charge in [-0.2, -0.15) is 5.10 Å². The molecule has 3 heterocycles. The van der Waals surface area contributed by atoms with Crippen molar-refractivity contribution >= 4 is 45.3 Å². The molecule has 2 aromatic rings. The first kappa shape index (κ1) is 32.7. The summed E-state index contributed by atoms with van der Waals surface area (Å²) >= 11 is 5.94. The number of carbonyl (C=O) groups excluding carboxylic acids is 1. The third-order valence-electron chi connectivity index (χ3n) is 6.16. The average Bonchev–Trinajstić information content (AvgIpc) is 3.26. The SMILES string of the molecule is Cc1ccnn1CCC(=O)N1CCCC(c2ncc(Cl)cc2S(C)(=O)=O)C1.O=C(O)CC(O)(CC(=O)O)C(=O)O. The minimum Gasteiger partial charge on any atom is -0.481 e. The highest BCUT2D eigenvalue weighted by atomic mass is 35.5. The number of sulfone groups is 1. The predicted octanol–water partition coefficient (Wildman–Crippen LogP) is 1.19. The molecule has 40 heavy (non-hydrogen) atoms. The first-order valence-corrected chi connectivity index (χ1v) is 14.3. The molecule has 0 spiro atoms. The van der Waals surface area contributed by atoms with E-state index < -0.39 is 46.2 Å². The number of hydrogen-bond donors (Lipinski definition) is 4. The van der Waals surface area contributed by atoms with Crippen LogP contribution in [0.1, 0.15) is 49.4 Å². The number of carboxylic acids is 3. The van der Waals surface area contributed by atoms with Gasteiger partial charge in [0.1, 0.15) is 0 Å². The summed E-state index contributed by atoms with van der Waals surface area (Å²) in [6, 6.07) is 3.35. The first-order valence-electron chi connectivity index (χ1n) is 12.0. The average molecular weight is 603 g/mol. The number of aromatic nitrogens is 3. The van der Waals surface area contributed by atoms with Gasteiger partial charge in [0.15, 0.2) is 15.4 Å². The van der Waals surface area contributed by atoms with E-state index in [2.05, 4.69) is 10.1 Å². The van der Waals surface area contributed by atoms with E-state index in [0.717, 1.165) is 24.8 Å². The lowest BCUT2D eigenvalue weighted by Gasteiger charge is -2.33. The molecule has 1 fully saturated rings. The molecule has 0 saturated carbocycles. The van der Waals surface area contributed by atoms with Gasteiger partial charge in [-0.05, 0) is 31.9 Å². The summed E-state index contributed by atoms with van der Waals surface area (Å²) in [6.45, 7) is 3.63. The standard InChI is InChI=1S/C18H23ClN4O3S.C6H8O7/c1-13-5-7-21-23(13)9-6-17(24)22-8-3-4-14(12-22)18-16(27(2,25)26)10-15(19)11-20-18;7-3(8)1-6(13,5(11)12)2-4(9)10/h5,7,10-11,14H,3-4,6,8-9,12H2,1-2H3;13H,1-2H2,(H,7,8)(H,9,10)(H,11,12). The van der Waals surface area contributed by atoms with Crippen LogP contribution in [0, 0.1) is 6.92 Å². The van der Waals surface area contributed by atoms with E-state index in [1.807, 2.05) is 17.7 Å². The second-order valence-corrected chi connectivity index (χ2v) is 11.8. The molecule has 3 rings (SSSR count). The highest BCUT2D eigenvalue weighted by Gasteiger charge is 2.40. The van der Waals surface area contributed by atoms with Crippen molar-refractivity contribution in [3.63, 3.8) is 0 Å². The van der Waals surface area contributed by atoms with Crippen molar-refractivity contribution in [3.8, 4) is 0 Å². The zero-order valence-electron chi connectivity index (χ0n) is 21.9. The molecule has 1 saturated heterocycles. The maximum Gasteiger partial charge on any atom is 0.336 e. The Morgan fingerprint density at radius 2 is 1.77 bits per heavy atom. The lowest BCUT2D eigenvalue weighted by molar-refractivity contribution is -0.170. The van der Waals surface area contributed by atoms with Crippen LogP contribution in [0.4, 0.5) is 0 Å². The Bertz CT molecular complexity index is 1350. The van der Waals surface area contributed by atoms with Gasteiger partial charge in [0, 0.05) is 56.3 Å². The number of nitrogens with zero attached hydrogens (tertiary/aromatic N) is 4. The zero-order valence-corrected chi connectivity index (χ0v) is 23.4. The molecule has 1 aliphatic heterocycles. The third kappa shape index (κ3) is 9.27. The number of rotatable bonds is 10. The number of amides is 1. The molecule has 16 heteroatoms. The summed E-state index contributed by atoms with van der Waals surface area (Å²) in [6.07, 6.45) is 4.01. The number of piperidine rings is 1. The monoisotopic (exact) mass is 602 g/mol. The summed E-state index contributed by atoms with van der Waals surface area (Å²) in [7, 11) is -3.45. The number of carbonyl (C=O) groups is 4. The normalized spacial score (nSPS) is 15.6. The van der Waals surface area contributed by atoms with Crippen LogP contribution in [-0.2, 0) is 35.6 Å². The quantitative estimate of drug-likeness (QED) is 0.301. The maximum atomic E-state index is 12.6. The van der Waals surface area contributed by atoms with Crippen molar-refractivity contribution in [2.24, 2.45) is 0 Å². The van der Waals surface area contributed by atoms with Gasteiger partial charge in [-0.3, -0.25) is 24.0 Å². The van der Waals surface area contributed by atoms with Crippen molar-refractivity contribution in [2.75, 3.05) is 19.3 Å². The fourth-order valence-electron chi connectivity index (χ4n) is 4.17. The largest absolute Gasteiger partial charge is 0.481 e. The van der Waals surface area contributed by atoms with Crippen LogP contribution in [0.2, 0.25) is 5.02 Å². The fourth-order valence-corrected chi connectivity index (χ4v) is 5.33. The molecular formula is C24H31ClN4O10S. The molecule has 2 aromatic heterocycles. The fraction of sp³-hybridized carbons (Fsp3) is 0.500. The Morgan fingerprint density at radius 1 is 1.15 bits per heavy atom.